The van der Waals surface area contributed by atoms with Crippen molar-refractivity contribution in [3.05, 3.63) is 11.5 Å². The van der Waals surface area contributed by atoms with Crippen molar-refractivity contribution in [1.29, 1.82) is 0 Å². The zero-order valence-electron chi connectivity index (χ0n) is 14.0. The van der Waals surface area contributed by atoms with E-state index in [2.05, 4.69) is 9.97 Å². The Kier molecular flexibility index (Phi) is 6.32. The Bertz CT molecular complexity index is 578. The van der Waals surface area contributed by atoms with E-state index in [9.17, 15) is 4.79 Å². The van der Waals surface area contributed by atoms with Crippen LogP contribution in [0.15, 0.2) is 6.33 Å². The topological polar surface area (TPSA) is 99.8 Å². The maximum absolute atomic E-state index is 12.4. The van der Waals surface area contributed by atoms with Crippen LogP contribution >= 0.6 is 11.6 Å². The summed E-state index contributed by atoms with van der Waals surface area (Å²) in [4.78, 5) is 21.8. The van der Waals surface area contributed by atoms with Gasteiger partial charge in [-0.1, -0.05) is 0 Å². The molecule has 0 unspecified atom stereocenters. The Morgan fingerprint density at radius 1 is 1.46 bits per heavy atom. The van der Waals surface area contributed by atoms with Gasteiger partial charge in [-0.2, -0.15) is 0 Å². The van der Waals surface area contributed by atoms with E-state index in [1.165, 1.54) is 6.33 Å². The van der Waals surface area contributed by atoms with Crippen LogP contribution in [-0.4, -0.2) is 50.4 Å². The second-order valence-electron chi connectivity index (χ2n) is 6.21. The SMILES string of the molecule is CO[C@@H]1C[C@@H]([I-]Oc2c(N)ncnc2Cl)N(C(=O)OC(C)(C)C)C1. The van der Waals surface area contributed by atoms with Crippen molar-refractivity contribution >= 4 is 23.5 Å². The average Bonchev–Trinajstić information content (AvgIpc) is 2.88. The number of nitrogens with zero attached hydrogens (tertiary/aromatic N) is 3. The number of hydrogen-bond donors (Lipinski definition) is 1. The molecule has 2 heterocycles. The van der Waals surface area contributed by atoms with Crippen LogP contribution in [0, 0.1) is 0 Å². The minimum absolute atomic E-state index is 0.0503. The summed E-state index contributed by atoms with van der Waals surface area (Å²) in [5.74, 6) is 0.441. The van der Waals surface area contributed by atoms with Crippen LogP contribution in [0.25, 0.3) is 0 Å². The number of aromatic nitrogens is 2. The molecule has 24 heavy (non-hydrogen) atoms. The first kappa shape index (κ1) is 19.3. The Balaban J connectivity index is 2.07. The van der Waals surface area contributed by atoms with Crippen LogP contribution < -0.4 is 30.4 Å². The van der Waals surface area contributed by atoms with Crippen molar-refractivity contribution in [2.24, 2.45) is 0 Å². The van der Waals surface area contributed by atoms with E-state index in [0.29, 0.717) is 13.0 Å². The second kappa shape index (κ2) is 7.87. The van der Waals surface area contributed by atoms with Gasteiger partial charge in [0, 0.05) is 0 Å². The Hall–Kier alpha value is -1.07. The summed E-state index contributed by atoms with van der Waals surface area (Å²) in [6.07, 6.45) is 1.52. The van der Waals surface area contributed by atoms with Crippen molar-refractivity contribution in [1.82, 2.24) is 14.9 Å². The molecule has 0 aromatic carbocycles. The number of likely N-dealkylation sites (tertiary alicyclic amines) is 1. The molecule has 2 N–H and O–H groups in total. The van der Waals surface area contributed by atoms with Crippen molar-refractivity contribution in [3.8, 4) is 5.75 Å². The maximum atomic E-state index is 12.4. The number of ether oxygens (including phenoxy) is 2. The van der Waals surface area contributed by atoms with Gasteiger partial charge in [0.15, 0.2) is 0 Å². The minimum atomic E-state index is -0.940. The quantitative estimate of drug-likeness (QED) is 0.262. The molecule has 0 aliphatic carbocycles. The van der Waals surface area contributed by atoms with Crippen LogP contribution in [0.5, 0.6) is 5.75 Å². The summed E-state index contributed by atoms with van der Waals surface area (Å²) >= 11 is 5.05. The molecule has 0 bridgehead atoms. The van der Waals surface area contributed by atoms with Gasteiger partial charge >= 0.3 is 157 Å². The van der Waals surface area contributed by atoms with Crippen LogP contribution in [-0.2, 0) is 9.47 Å². The van der Waals surface area contributed by atoms with Gasteiger partial charge in [-0.25, -0.2) is 0 Å². The molecule has 10 heteroatoms. The van der Waals surface area contributed by atoms with Crippen LogP contribution in [0.2, 0.25) is 5.15 Å². The predicted molar refractivity (Wildman–Crippen MR) is 84.2 cm³/mol. The number of anilines is 1. The summed E-state index contributed by atoms with van der Waals surface area (Å²) in [5.41, 5.74) is 5.20. The fourth-order valence-electron chi connectivity index (χ4n) is 2.05. The fraction of sp³-hybridized carbons (Fsp3) is 0.643. The van der Waals surface area contributed by atoms with Gasteiger partial charge in [0.25, 0.3) is 0 Å². The Morgan fingerprint density at radius 3 is 2.75 bits per heavy atom. The molecular weight excluding hydrogens is 451 g/mol. The fourth-order valence-corrected chi connectivity index (χ4v) is 4.84. The summed E-state index contributed by atoms with van der Waals surface area (Å²) in [7, 11) is 1.62. The van der Waals surface area contributed by atoms with E-state index in [4.69, 9.17) is 29.9 Å². The number of carbonyl (C=O) groups excluding carboxylic acids is 1. The van der Waals surface area contributed by atoms with E-state index >= 15 is 0 Å². The van der Waals surface area contributed by atoms with Crippen molar-refractivity contribution in [2.75, 3.05) is 19.4 Å². The molecule has 1 aromatic rings. The number of rotatable bonds is 4. The first-order valence-electron chi connectivity index (χ1n) is 7.30. The second-order valence-corrected chi connectivity index (χ2v) is 8.95. The number of methoxy groups -OCH3 is 1. The summed E-state index contributed by atoms with van der Waals surface area (Å²) in [6, 6.07) is 0. The molecule has 0 radical (unpaired) electrons. The normalized spacial score (nSPS) is 21.1. The molecule has 1 amide bonds. The van der Waals surface area contributed by atoms with Gasteiger partial charge in [-0.3, -0.25) is 0 Å². The summed E-state index contributed by atoms with van der Waals surface area (Å²) in [6.45, 7) is 5.96. The molecule has 136 valence electrons. The van der Waals surface area contributed by atoms with E-state index in [-0.39, 0.29) is 33.0 Å². The monoisotopic (exact) mass is 471 g/mol. The number of nitrogen functional groups attached to an aromatic ring is 1. The third-order valence-corrected chi connectivity index (χ3v) is 5.90. The number of carbonyl (C=O) groups is 1. The summed E-state index contributed by atoms with van der Waals surface area (Å²) < 4.78 is 16.5. The van der Waals surface area contributed by atoms with Gasteiger partial charge in [-0.15, -0.1) is 0 Å². The molecule has 1 fully saturated rings. The van der Waals surface area contributed by atoms with Crippen LogP contribution in [0.1, 0.15) is 27.2 Å². The molecule has 0 saturated carbocycles. The number of amides is 1. The van der Waals surface area contributed by atoms with Gasteiger partial charge < -0.3 is 0 Å². The van der Waals surface area contributed by atoms with E-state index in [1.54, 1.807) is 12.0 Å². The van der Waals surface area contributed by atoms with Crippen LogP contribution in [0.4, 0.5) is 10.6 Å². The number of halogens is 2. The molecular formula is C14H21ClIN4O4-. The Morgan fingerprint density at radius 2 is 2.17 bits per heavy atom. The van der Waals surface area contributed by atoms with E-state index in [0.717, 1.165) is 0 Å². The number of alkyl halides is 1. The molecule has 1 aromatic heterocycles. The Labute approximate surface area is 156 Å². The first-order chi connectivity index (χ1) is 11.2. The molecule has 1 aliphatic heterocycles. The molecule has 1 aliphatic rings. The zero-order chi connectivity index (χ0) is 17.9. The first-order valence-corrected chi connectivity index (χ1v) is 9.80. The number of nitrogens with two attached hydrogens (primary N) is 1. The molecule has 8 nitrogen and oxygen atoms in total. The summed E-state index contributed by atoms with van der Waals surface area (Å²) in [5, 5.41) is 0.160. The van der Waals surface area contributed by atoms with E-state index < -0.39 is 27.2 Å². The van der Waals surface area contributed by atoms with Crippen molar-refractivity contribution in [3.63, 3.8) is 0 Å². The third kappa shape index (κ3) is 4.96. The third-order valence-electron chi connectivity index (χ3n) is 3.17. The zero-order valence-corrected chi connectivity index (χ0v) is 16.9. The van der Waals surface area contributed by atoms with Gasteiger partial charge in [-0.05, 0) is 0 Å². The van der Waals surface area contributed by atoms with E-state index in [1.807, 2.05) is 20.8 Å². The molecule has 2 rings (SSSR count). The molecule has 0 spiro atoms. The van der Waals surface area contributed by atoms with Gasteiger partial charge in [0.2, 0.25) is 0 Å². The van der Waals surface area contributed by atoms with Gasteiger partial charge in [0.1, 0.15) is 0 Å². The van der Waals surface area contributed by atoms with Crippen molar-refractivity contribution in [2.45, 2.75) is 42.9 Å². The number of hydrogen-bond acceptors (Lipinski definition) is 7. The van der Waals surface area contributed by atoms with Gasteiger partial charge in [0.05, 0.1) is 0 Å². The predicted octanol–water partition coefficient (Wildman–Crippen LogP) is -0.923. The van der Waals surface area contributed by atoms with Crippen molar-refractivity contribution < 1.29 is 39.0 Å². The average molecular weight is 472 g/mol. The van der Waals surface area contributed by atoms with Crippen LogP contribution in [0.3, 0.4) is 0 Å². The standard InChI is InChI=1S/C14H21ClIN4O4/c1-14(2,3)23-13(21)20-6-8(22-4)5-9(20)16-24-10-11(15)18-7-19-12(10)17/h7-9H,5-6H2,1-4H3,(H2,17,18,19)/q-1/t8-,9+/m1/s1. The molecule has 1 saturated heterocycles. The molecule has 2 atom stereocenters.